The molecule has 1 aliphatic rings. The summed E-state index contributed by atoms with van der Waals surface area (Å²) in [4.78, 5) is 25.3. The number of hydrogen-bond donors (Lipinski definition) is 0. The van der Waals surface area contributed by atoms with Crippen molar-refractivity contribution in [2.75, 3.05) is 18.1 Å². The molecule has 35 heavy (non-hydrogen) atoms. The van der Waals surface area contributed by atoms with Crippen LogP contribution in [-0.2, 0) is 11.0 Å². The number of ether oxygens (including phenoxy) is 1. The molecule has 1 heterocycles. The van der Waals surface area contributed by atoms with Crippen molar-refractivity contribution in [1.29, 1.82) is 0 Å². The number of halogens is 8. The number of alkyl halides is 6. The van der Waals surface area contributed by atoms with Crippen LogP contribution in [0.15, 0.2) is 42.5 Å². The monoisotopic (exact) mass is 523 g/mol. The van der Waals surface area contributed by atoms with E-state index in [-0.39, 0.29) is 11.4 Å². The minimum Gasteiger partial charge on any atom is -0.491 e. The Bertz CT molecular complexity index is 1180. The SMILES string of the molecule is C[C@@H](F)COc1ccc(C(=O)N2CCC(F)(F)/C(=C\C(=O)Cl)c3cc(F)ccc32)c(C(F)(F)F)c1. The van der Waals surface area contributed by atoms with Crippen LogP contribution in [0.25, 0.3) is 5.57 Å². The molecule has 0 aromatic heterocycles. The van der Waals surface area contributed by atoms with Crippen LogP contribution in [0.1, 0.15) is 34.8 Å². The average molecular weight is 524 g/mol. The first-order chi connectivity index (χ1) is 16.2. The van der Waals surface area contributed by atoms with E-state index in [9.17, 15) is 40.3 Å². The van der Waals surface area contributed by atoms with E-state index in [1.807, 2.05) is 0 Å². The van der Waals surface area contributed by atoms with E-state index in [0.29, 0.717) is 23.1 Å². The van der Waals surface area contributed by atoms with Crippen molar-refractivity contribution in [3.05, 3.63) is 65.0 Å². The predicted octanol–water partition coefficient (Wildman–Crippen LogP) is 6.42. The molecule has 2 aromatic carbocycles. The molecule has 188 valence electrons. The molecule has 0 N–H and O–H groups in total. The summed E-state index contributed by atoms with van der Waals surface area (Å²) >= 11 is 5.24. The van der Waals surface area contributed by atoms with Gasteiger partial charge in [-0.05, 0) is 54.9 Å². The molecule has 0 spiro atoms. The first-order valence-electron chi connectivity index (χ1n) is 10.1. The van der Waals surface area contributed by atoms with Crippen molar-refractivity contribution in [3.63, 3.8) is 0 Å². The lowest BCUT2D eigenvalue weighted by atomic mass is 9.97. The van der Waals surface area contributed by atoms with E-state index in [0.717, 1.165) is 31.2 Å². The van der Waals surface area contributed by atoms with Gasteiger partial charge in [0, 0.05) is 30.2 Å². The first kappa shape index (κ1) is 26.5. The highest BCUT2D eigenvalue weighted by Crippen LogP contribution is 2.44. The molecule has 0 unspecified atom stereocenters. The van der Waals surface area contributed by atoms with Gasteiger partial charge in [-0.3, -0.25) is 9.59 Å². The minimum atomic E-state index is -5.05. The molecule has 1 atom stereocenters. The summed E-state index contributed by atoms with van der Waals surface area (Å²) in [7, 11) is 0. The van der Waals surface area contributed by atoms with Crippen LogP contribution in [-0.4, -0.2) is 36.4 Å². The maximum atomic E-state index is 14.8. The lowest BCUT2D eigenvalue weighted by Gasteiger charge is -2.24. The molecule has 2 aromatic rings. The minimum absolute atomic E-state index is 0.336. The number of carbonyl (C=O) groups excluding carboxylic acids is 2. The van der Waals surface area contributed by atoms with Gasteiger partial charge >= 0.3 is 6.18 Å². The second-order valence-corrected chi connectivity index (χ2v) is 8.10. The molecule has 0 fully saturated rings. The van der Waals surface area contributed by atoms with Crippen molar-refractivity contribution >= 4 is 34.0 Å². The second-order valence-electron chi connectivity index (χ2n) is 7.73. The van der Waals surface area contributed by atoms with Gasteiger partial charge < -0.3 is 9.64 Å². The summed E-state index contributed by atoms with van der Waals surface area (Å²) < 4.78 is 103. The fourth-order valence-corrected chi connectivity index (χ4v) is 3.67. The van der Waals surface area contributed by atoms with Crippen molar-refractivity contribution in [3.8, 4) is 5.75 Å². The molecule has 0 aliphatic carbocycles. The molecule has 12 heteroatoms. The lowest BCUT2D eigenvalue weighted by molar-refractivity contribution is -0.138. The molecular formula is C23H17ClF7NO3. The van der Waals surface area contributed by atoms with E-state index in [1.165, 1.54) is 0 Å². The van der Waals surface area contributed by atoms with Crippen LogP contribution in [0.3, 0.4) is 0 Å². The number of allylic oxidation sites excluding steroid dienone is 2. The summed E-state index contributed by atoms with van der Waals surface area (Å²) in [6.07, 6.45) is -7.22. The molecule has 0 radical (unpaired) electrons. The largest absolute Gasteiger partial charge is 0.491 e. The maximum absolute atomic E-state index is 14.8. The van der Waals surface area contributed by atoms with Gasteiger partial charge in [-0.25, -0.2) is 17.6 Å². The van der Waals surface area contributed by atoms with E-state index < -0.39 is 77.1 Å². The Morgan fingerprint density at radius 2 is 1.89 bits per heavy atom. The highest BCUT2D eigenvalue weighted by molar-refractivity contribution is 6.67. The third-order valence-corrected chi connectivity index (χ3v) is 5.20. The van der Waals surface area contributed by atoms with Crippen LogP contribution in [0, 0.1) is 5.82 Å². The predicted molar refractivity (Wildman–Crippen MR) is 114 cm³/mol. The Morgan fingerprint density at radius 1 is 1.20 bits per heavy atom. The Labute approximate surface area is 199 Å². The molecule has 0 saturated carbocycles. The summed E-state index contributed by atoms with van der Waals surface area (Å²) in [6.45, 7) is -0.148. The van der Waals surface area contributed by atoms with Gasteiger partial charge in [0.1, 0.15) is 24.3 Å². The van der Waals surface area contributed by atoms with Crippen molar-refractivity contribution in [1.82, 2.24) is 0 Å². The van der Waals surface area contributed by atoms with E-state index in [1.54, 1.807) is 0 Å². The molecule has 1 aliphatic heterocycles. The van der Waals surface area contributed by atoms with Crippen LogP contribution < -0.4 is 9.64 Å². The van der Waals surface area contributed by atoms with Gasteiger partial charge in [-0.15, -0.1) is 0 Å². The Kier molecular flexibility index (Phi) is 7.49. The number of amides is 1. The zero-order valence-corrected chi connectivity index (χ0v) is 18.7. The average Bonchev–Trinajstić information content (AvgIpc) is 2.85. The number of fused-ring (bicyclic) bond motifs is 1. The topological polar surface area (TPSA) is 46.6 Å². The van der Waals surface area contributed by atoms with E-state index in [2.05, 4.69) is 0 Å². The second kappa shape index (κ2) is 9.88. The highest BCUT2D eigenvalue weighted by Gasteiger charge is 2.43. The quantitative estimate of drug-likeness (QED) is 0.258. The summed E-state index contributed by atoms with van der Waals surface area (Å²) in [5.74, 6) is -6.39. The lowest BCUT2D eigenvalue weighted by Crippen LogP contribution is -2.34. The van der Waals surface area contributed by atoms with Crippen LogP contribution in [0.5, 0.6) is 5.75 Å². The third kappa shape index (κ3) is 5.95. The molecular weight excluding hydrogens is 507 g/mol. The third-order valence-electron chi connectivity index (χ3n) is 5.09. The van der Waals surface area contributed by atoms with Crippen LogP contribution >= 0.6 is 11.6 Å². The smallest absolute Gasteiger partial charge is 0.417 e. The number of nitrogens with zero attached hydrogens (tertiary/aromatic N) is 1. The van der Waals surface area contributed by atoms with Crippen molar-refractivity contribution < 1.29 is 45.1 Å². The summed E-state index contributed by atoms with van der Waals surface area (Å²) in [5, 5.41) is -1.28. The Balaban J connectivity index is 2.15. The van der Waals surface area contributed by atoms with Crippen molar-refractivity contribution in [2.24, 2.45) is 0 Å². The number of hydrogen-bond acceptors (Lipinski definition) is 3. The fourth-order valence-electron chi connectivity index (χ4n) is 3.56. The summed E-state index contributed by atoms with van der Waals surface area (Å²) in [5.41, 5.74) is -4.20. The zero-order valence-electron chi connectivity index (χ0n) is 17.9. The van der Waals surface area contributed by atoms with Crippen LogP contribution in [0.4, 0.5) is 36.4 Å². The van der Waals surface area contributed by atoms with Gasteiger partial charge in [-0.2, -0.15) is 13.2 Å². The normalized spacial score (nSPS) is 17.5. The molecule has 4 nitrogen and oxygen atoms in total. The zero-order chi connectivity index (χ0) is 26.1. The van der Waals surface area contributed by atoms with Crippen LogP contribution in [0.2, 0.25) is 0 Å². The molecule has 0 saturated heterocycles. The van der Waals surface area contributed by atoms with E-state index >= 15 is 0 Å². The molecule has 3 rings (SSSR count). The number of benzene rings is 2. The number of anilines is 1. The maximum Gasteiger partial charge on any atom is 0.417 e. The van der Waals surface area contributed by atoms with Gasteiger partial charge in [0.2, 0.25) is 5.24 Å². The van der Waals surface area contributed by atoms with Gasteiger partial charge in [-0.1, -0.05) is 0 Å². The van der Waals surface area contributed by atoms with Crippen molar-refractivity contribution in [2.45, 2.75) is 31.6 Å². The van der Waals surface area contributed by atoms with E-state index in [4.69, 9.17) is 16.3 Å². The Morgan fingerprint density at radius 3 is 2.49 bits per heavy atom. The number of carbonyl (C=O) groups is 2. The molecule has 1 amide bonds. The first-order valence-corrected chi connectivity index (χ1v) is 10.5. The standard InChI is InChI=1S/C23H17ClF7NO3/c1-12(25)11-35-14-3-4-15(18(9-14)23(29,30)31)21(34)32-7-6-22(27,28)17(10-20(24)33)16-8-13(26)2-5-19(16)32/h2-5,8-10,12H,6-7,11H2,1H3/b17-10-/t12-/m1/s1. The summed E-state index contributed by atoms with van der Waals surface area (Å²) in [6, 6.07) is 4.73. The highest BCUT2D eigenvalue weighted by atomic mass is 35.5. The van der Waals surface area contributed by atoms with Gasteiger partial charge in [0.05, 0.1) is 16.8 Å². The fraction of sp³-hybridized carbons (Fsp3) is 0.304. The molecule has 0 bridgehead atoms. The van der Waals surface area contributed by atoms with Gasteiger partial charge in [0.25, 0.3) is 11.8 Å². The van der Waals surface area contributed by atoms with Gasteiger partial charge in [0.15, 0.2) is 0 Å². The number of rotatable bonds is 5. The Hall–Kier alpha value is -3.08.